The molecule has 0 aliphatic heterocycles. The van der Waals surface area contributed by atoms with Crippen molar-refractivity contribution in [2.24, 2.45) is 17.8 Å². The predicted molar refractivity (Wildman–Crippen MR) is 58.9 cm³/mol. The van der Waals surface area contributed by atoms with Crippen LogP contribution in [-0.4, -0.2) is 12.5 Å². The summed E-state index contributed by atoms with van der Waals surface area (Å²) in [6.45, 7) is 4.64. The molecule has 1 amide bonds. The fourth-order valence-corrected chi connectivity index (χ4v) is 2.32. The predicted octanol–water partition coefficient (Wildman–Crippen LogP) is 2.09. The van der Waals surface area contributed by atoms with Gasteiger partial charge in [-0.3, -0.25) is 4.79 Å². The molecule has 3 nitrogen and oxygen atoms in total. The van der Waals surface area contributed by atoms with Gasteiger partial charge >= 0.3 is 0 Å². The van der Waals surface area contributed by atoms with Crippen LogP contribution in [0, 0.1) is 29.1 Å². The first-order chi connectivity index (χ1) is 7.15. The van der Waals surface area contributed by atoms with Crippen molar-refractivity contribution in [3.05, 3.63) is 0 Å². The van der Waals surface area contributed by atoms with Crippen molar-refractivity contribution < 1.29 is 4.79 Å². The third-order valence-corrected chi connectivity index (χ3v) is 3.43. The molecule has 0 unspecified atom stereocenters. The van der Waals surface area contributed by atoms with E-state index in [0.29, 0.717) is 0 Å². The topological polar surface area (TPSA) is 52.9 Å². The zero-order valence-corrected chi connectivity index (χ0v) is 9.62. The van der Waals surface area contributed by atoms with E-state index in [1.165, 1.54) is 0 Å². The highest BCUT2D eigenvalue weighted by atomic mass is 16.1. The minimum absolute atomic E-state index is 0.0683. The third-order valence-electron chi connectivity index (χ3n) is 3.43. The lowest BCUT2D eigenvalue weighted by Gasteiger charge is -2.29. The molecule has 1 aliphatic carbocycles. The number of amides is 1. The minimum Gasteiger partial charge on any atom is -0.343 e. The minimum atomic E-state index is 0.0683. The second-order valence-corrected chi connectivity index (χ2v) is 4.73. The molecule has 0 spiro atoms. The molecule has 1 rings (SSSR count). The van der Waals surface area contributed by atoms with Gasteiger partial charge in [0.1, 0.15) is 6.54 Å². The number of hydrogen-bond acceptors (Lipinski definition) is 2. The lowest BCUT2D eigenvalue weighted by molar-refractivity contribution is -0.126. The monoisotopic (exact) mass is 208 g/mol. The van der Waals surface area contributed by atoms with Gasteiger partial charge in [0, 0.05) is 5.92 Å². The van der Waals surface area contributed by atoms with Crippen LogP contribution in [0.1, 0.15) is 39.5 Å². The van der Waals surface area contributed by atoms with Crippen LogP contribution in [0.2, 0.25) is 0 Å². The van der Waals surface area contributed by atoms with Crippen LogP contribution in [0.4, 0.5) is 0 Å². The first-order valence-corrected chi connectivity index (χ1v) is 5.79. The zero-order valence-electron chi connectivity index (χ0n) is 9.62. The van der Waals surface area contributed by atoms with Crippen LogP contribution in [-0.2, 0) is 4.79 Å². The molecule has 1 saturated carbocycles. The molecule has 0 saturated heterocycles. The lowest BCUT2D eigenvalue weighted by Crippen LogP contribution is -2.34. The molecule has 3 heteroatoms. The van der Waals surface area contributed by atoms with Crippen LogP contribution in [0.25, 0.3) is 0 Å². The van der Waals surface area contributed by atoms with Crippen molar-refractivity contribution >= 4 is 5.91 Å². The first kappa shape index (κ1) is 12.0. The van der Waals surface area contributed by atoms with Gasteiger partial charge < -0.3 is 5.32 Å². The largest absolute Gasteiger partial charge is 0.343 e. The van der Waals surface area contributed by atoms with E-state index in [2.05, 4.69) is 19.2 Å². The maximum absolute atomic E-state index is 11.6. The molecular formula is C12H20N2O. The van der Waals surface area contributed by atoms with Gasteiger partial charge in [0.05, 0.1) is 6.07 Å². The van der Waals surface area contributed by atoms with Crippen molar-refractivity contribution in [2.75, 3.05) is 6.54 Å². The van der Waals surface area contributed by atoms with Gasteiger partial charge in [0.25, 0.3) is 0 Å². The maximum atomic E-state index is 11.6. The van der Waals surface area contributed by atoms with Gasteiger partial charge in [0.15, 0.2) is 0 Å². The van der Waals surface area contributed by atoms with Crippen molar-refractivity contribution in [2.45, 2.75) is 39.5 Å². The Balaban J connectivity index is 2.31. The molecule has 0 aromatic heterocycles. The highest BCUT2D eigenvalue weighted by molar-refractivity contribution is 5.78. The number of nitriles is 1. The highest BCUT2D eigenvalue weighted by Gasteiger charge is 2.27. The van der Waals surface area contributed by atoms with Crippen LogP contribution in [0.3, 0.4) is 0 Å². The van der Waals surface area contributed by atoms with Gasteiger partial charge in [-0.05, 0) is 37.5 Å². The Morgan fingerprint density at radius 1 is 1.40 bits per heavy atom. The molecule has 0 aromatic rings. The van der Waals surface area contributed by atoms with Crippen LogP contribution in [0.15, 0.2) is 0 Å². The normalized spacial score (nSPS) is 26.0. The van der Waals surface area contributed by atoms with Crippen molar-refractivity contribution in [1.29, 1.82) is 5.26 Å². The Hall–Kier alpha value is -1.04. The Morgan fingerprint density at radius 3 is 2.47 bits per heavy atom. The summed E-state index contributed by atoms with van der Waals surface area (Å²) in [5.74, 6) is 1.73. The molecule has 1 aliphatic rings. The van der Waals surface area contributed by atoms with E-state index in [9.17, 15) is 4.79 Å². The van der Waals surface area contributed by atoms with Crippen LogP contribution < -0.4 is 5.32 Å². The van der Waals surface area contributed by atoms with Gasteiger partial charge in [-0.15, -0.1) is 0 Å². The fraction of sp³-hybridized carbons (Fsp3) is 0.833. The van der Waals surface area contributed by atoms with E-state index >= 15 is 0 Å². The molecule has 0 atom stereocenters. The lowest BCUT2D eigenvalue weighted by atomic mass is 9.77. The summed E-state index contributed by atoms with van der Waals surface area (Å²) in [5.41, 5.74) is 0. The molecule has 84 valence electrons. The molecule has 0 heterocycles. The molecule has 0 radical (unpaired) electrons. The van der Waals surface area contributed by atoms with E-state index in [-0.39, 0.29) is 18.4 Å². The number of nitrogens with one attached hydrogen (secondary N) is 1. The second-order valence-electron chi connectivity index (χ2n) is 4.73. The van der Waals surface area contributed by atoms with Crippen molar-refractivity contribution in [1.82, 2.24) is 5.32 Å². The summed E-state index contributed by atoms with van der Waals surface area (Å²) < 4.78 is 0. The summed E-state index contributed by atoms with van der Waals surface area (Å²) in [5, 5.41) is 11.0. The maximum Gasteiger partial charge on any atom is 0.223 e. The van der Waals surface area contributed by atoms with E-state index in [1.54, 1.807) is 0 Å². The van der Waals surface area contributed by atoms with Gasteiger partial charge in [-0.2, -0.15) is 5.26 Å². The summed E-state index contributed by atoms with van der Waals surface area (Å²) in [6, 6.07) is 1.93. The van der Waals surface area contributed by atoms with E-state index < -0.39 is 0 Å². The molecule has 1 fully saturated rings. The standard InChI is InChI=1S/C12H20N2O/c1-9(2)10-3-5-11(6-4-10)12(15)14-8-7-13/h9-11H,3-6,8H2,1-2H3,(H,14,15). The molecule has 0 bridgehead atoms. The van der Waals surface area contributed by atoms with E-state index in [0.717, 1.165) is 37.5 Å². The number of nitrogens with zero attached hydrogens (tertiary/aromatic N) is 1. The van der Waals surface area contributed by atoms with Crippen LogP contribution in [0.5, 0.6) is 0 Å². The van der Waals surface area contributed by atoms with Crippen molar-refractivity contribution in [3.63, 3.8) is 0 Å². The summed E-state index contributed by atoms with van der Waals surface area (Å²) in [4.78, 5) is 11.6. The molecule has 1 N–H and O–H groups in total. The van der Waals surface area contributed by atoms with Crippen LogP contribution >= 0.6 is 0 Å². The molecular weight excluding hydrogens is 188 g/mol. The molecule has 0 aromatic carbocycles. The molecule has 15 heavy (non-hydrogen) atoms. The first-order valence-electron chi connectivity index (χ1n) is 5.79. The van der Waals surface area contributed by atoms with E-state index in [1.807, 2.05) is 6.07 Å². The Labute approximate surface area is 91.9 Å². The quantitative estimate of drug-likeness (QED) is 0.722. The Morgan fingerprint density at radius 2 is 2.00 bits per heavy atom. The second kappa shape index (κ2) is 5.75. The summed E-state index contributed by atoms with van der Waals surface area (Å²) in [6.07, 6.45) is 4.28. The van der Waals surface area contributed by atoms with E-state index in [4.69, 9.17) is 5.26 Å². The zero-order chi connectivity index (χ0) is 11.3. The average molecular weight is 208 g/mol. The third kappa shape index (κ3) is 3.54. The van der Waals surface area contributed by atoms with Gasteiger partial charge in [-0.25, -0.2) is 0 Å². The van der Waals surface area contributed by atoms with Gasteiger partial charge in [-0.1, -0.05) is 13.8 Å². The number of hydrogen-bond donors (Lipinski definition) is 1. The fourth-order valence-electron chi connectivity index (χ4n) is 2.32. The number of carbonyl (C=O) groups is 1. The average Bonchev–Trinajstić information content (AvgIpc) is 2.26. The van der Waals surface area contributed by atoms with Gasteiger partial charge in [0.2, 0.25) is 5.91 Å². The summed E-state index contributed by atoms with van der Waals surface area (Å²) >= 11 is 0. The summed E-state index contributed by atoms with van der Waals surface area (Å²) in [7, 11) is 0. The number of carbonyl (C=O) groups excluding carboxylic acids is 1. The Kier molecular flexibility index (Phi) is 4.61. The smallest absolute Gasteiger partial charge is 0.223 e. The number of rotatable bonds is 3. The Bertz CT molecular complexity index is 247. The SMILES string of the molecule is CC(C)C1CCC(C(=O)NCC#N)CC1. The highest BCUT2D eigenvalue weighted by Crippen LogP contribution is 2.33. The van der Waals surface area contributed by atoms with Crippen molar-refractivity contribution in [3.8, 4) is 6.07 Å².